The van der Waals surface area contributed by atoms with Crippen molar-refractivity contribution >= 4 is 12.1 Å². The molecule has 0 N–H and O–H groups in total. The van der Waals surface area contributed by atoms with Crippen LogP contribution in [0.3, 0.4) is 0 Å². The average molecular weight is 381 g/mol. The van der Waals surface area contributed by atoms with Crippen LogP contribution in [0.2, 0.25) is 0 Å². The molecule has 0 heterocycles. The molecule has 2 heteroatoms. The van der Waals surface area contributed by atoms with E-state index in [2.05, 4.69) is 13.8 Å². The second kappa shape index (κ2) is 21.6. The summed E-state index contributed by atoms with van der Waals surface area (Å²) in [6, 6.07) is 0. The smallest absolute Gasteiger partial charge is 0.143 e. The van der Waals surface area contributed by atoms with Gasteiger partial charge in [-0.3, -0.25) is 4.79 Å². The van der Waals surface area contributed by atoms with Gasteiger partial charge in [-0.1, -0.05) is 123 Å². The van der Waals surface area contributed by atoms with Gasteiger partial charge in [0.1, 0.15) is 12.1 Å². The Morgan fingerprint density at radius 3 is 1.37 bits per heavy atom. The third-order valence-corrected chi connectivity index (χ3v) is 5.72. The van der Waals surface area contributed by atoms with Gasteiger partial charge in [0, 0.05) is 6.42 Å². The normalized spacial score (nSPS) is 12.2. The van der Waals surface area contributed by atoms with Crippen LogP contribution in [0, 0.1) is 5.92 Å². The fraction of sp³-hybridized carbons (Fsp3) is 0.920. The molecule has 0 rings (SSSR count). The molecule has 0 radical (unpaired) electrons. The number of aldehydes is 1. The highest BCUT2D eigenvalue weighted by Gasteiger charge is 2.16. The van der Waals surface area contributed by atoms with Crippen LogP contribution in [-0.2, 0) is 9.59 Å². The summed E-state index contributed by atoms with van der Waals surface area (Å²) in [7, 11) is 0. The Kier molecular flexibility index (Phi) is 21.1. The van der Waals surface area contributed by atoms with Gasteiger partial charge in [0.05, 0.1) is 5.92 Å². The lowest BCUT2D eigenvalue weighted by Gasteiger charge is -2.09. The van der Waals surface area contributed by atoms with E-state index in [4.69, 9.17) is 0 Å². The minimum Gasteiger partial charge on any atom is -0.303 e. The summed E-state index contributed by atoms with van der Waals surface area (Å²) in [4.78, 5) is 23.5. The predicted molar refractivity (Wildman–Crippen MR) is 118 cm³/mol. The van der Waals surface area contributed by atoms with Gasteiger partial charge in [0.2, 0.25) is 0 Å². The molecule has 0 saturated carbocycles. The molecule has 0 saturated heterocycles. The van der Waals surface area contributed by atoms with Crippen LogP contribution < -0.4 is 0 Å². The monoisotopic (exact) mass is 380 g/mol. The van der Waals surface area contributed by atoms with Crippen molar-refractivity contribution in [1.82, 2.24) is 0 Å². The van der Waals surface area contributed by atoms with Gasteiger partial charge in [-0.15, -0.1) is 0 Å². The van der Waals surface area contributed by atoms with Crippen molar-refractivity contribution in [3.63, 3.8) is 0 Å². The lowest BCUT2D eigenvalue weighted by Crippen LogP contribution is -2.15. The van der Waals surface area contributed by atoms with E-state index >= 15 is 0 Å². The first kappa shape index (κ1) is 26.3. The lowest BCUT2D eigenvalue weighted by molar-refractivity contribution is -0.127. The number of ketones is 1. The number of unbranched alkanes of at least 4 members (excludes halogenated alkanes) is 16. The number of carbonyl (C=O) groups is 2. The van der Waals surface area contributed by atoms with E-state index in [-0.39, 0.29) is 11.7 Å². The summed E-state index contributed by atoms with van der Waals surface area (Å²) in [6.07, 6.45) is 25.2. The van der Waals surface area contributed by atoms with Gasteiger partial charge < -0.3 is 4.79 Å². The maximum atomic E-state index is 12.2. The molecule has 0 bridgehead atoms. The van der Waals surface area contributed by atoms with Gasteiger partial charge in [0.15, 0.2) is 0 Å². The molecule has 2 nitrogen and oxygen atoms in total. The van der Waals surface area contributed by atoms with Crippen LogP contribution in [0.4, 0.5) is 0 Å². The molecule has 0 aromatic rings. The number of carbonyl (C=O) groups excluding carboxylic acids is 2. The first-order valence-electron chi connectivity index (χ1n) is 12.2. The van der Waals surface area contributed by atoms with E-state index in [0.29, 0.717) is 6.42 Å². The number of hydrogen-bond acceptors (Lipinski definition) is 2. The molecule has 1 atom stereocenters. The van der Waals surface area contributed by atoms with E-state index in [1.165, 1.54) is 96.3 Å². The quantitative estimate of drug-likeness (QED) is 0.108. The zero-order valence-corrected chi connectivity index (χ0v) is 18.6. The largest absolute Gasteiger partial charge is 0.303 e. The Morgan fingerprint density at radius 2 is 0.963 bits per heavy atom. The Hall–Kier alpha value is -0.660. The van der Waals surface area contributed by atoms with Crippen LogP contribution in [0.25, 0.3) is 0 Å². The summed E-state index contributed by atoms with van der Waals surface area (Å²) in [6.45, 7) is 4.50. The summed E-state index contributed by atoms with van der Waals surface area (Å²) in [5.74, 6) is -0.142. The van der Waals surface area contributed by atoms with Crippen LogP contribution in [-0.4, -0.2) is 12.1 Å². The van der Waals surface area contributed by atoms with Crippen LogP contribution in [0.5, 0.6) is 0 Å². The third-order valence-electron chi connectivity index (χ3n) is 5.72. The zero-order chi connectivity index (χ0) is 20.0. The minimum absolute atomic E-state index is 0.188. The number of hydrogen-bond donors (Lipinski definition) is 0. The highest BCUT2D eigenvalue weighted by Crippen LogP contribution is 2.16. The van der Waals surface area contributed by atoms with E-state index in [1.807, 2.05) is 0 Å². The Bertz CT molecular complexity index is 324. The predicted octanol–water partition coefficient (Wildman–Crippen LogP) is 8.21. The number of Topliss-reactive ketones (excluding diaryl/α,β-unsaturated/α-hetero) is 1. The Morgan fingerprint density at radius 1 is 0.593 bits per heavy atom. The average Bonchev–Trinajstić information content (AvgIpc) is 2.68. The van der Waals surface area contributed by atoms with Crippen molar-refractivity contribution in [1.29, 1.82) is 0 Å². The van der Waals surface area contributed by atoms with Crippen molar-refractivity contribution < 1.29 is 9.59 Å². The van der Waals surface area contributed by atoms with Crippen LogP contribution in [0.1, 0.15) is 142 Å². The van der Waals surface area contributed by atoms with Crippen molar-refractivity contribution in [3.8, 4) is 0 Å². The SMILES string of the molecule is CCCCCCCCCCCC(=O)C(C=O)CCCCCCCCCCC. The Labute approximate surface area is 170 Å². The molecule has 27 heavy (non-hydrogen) atoms. The molecule has 0 spiro atoms. The second-order valence-electron chi connectivity index (χ2n) is 8.40. The maximum absolute atomic E-state index is 12.2. The highest BCUT2D eigenvalue weighted by atomic mass is 16.1. The molecular weight excluding hydrogens is 332 g/mol. The van der Waals surface area contributed by atoms with Gasteiger partial charge in [-0.2, -0.15) is 0 Å². The van der Waals surface area contributed by atoms with Crippen molar-refractivity contribution in [2.24, 2.45) is 5.92 Å². The maximum Gasteiger partial charge on any atom is 0.143 e. The second-order valence-corrected chi connectivity index (χ2v) is 8.40. The van der Waals surface area contributed by atoms with E-state index in [0.717, 1.165) is 32.0 Å². The molecule has 0 aromatic heterocycles. The molecule has 0 aliphatic heterocycles. The van der Waals surface area contributed by atoms with Crippen LogP contribution in [0.15, 0.2) is 0 Å². The van der Waals surface area contributed by atoms with Gasteiger partial charge in [-0.05, 0) is 12.8 Å². The fourth-order valence-electron chi connectivity index (χ4n) is 3.78. The molecule has 0 aliphatic carbocycles. The highest BCUT2D eigenvalue weighted by molar-refractivity contribution is 5.93. The Balaban J connectivity index is 3.50. The van der Waals surface area contributed by atoms with Crippen molar-refractivity contribution in [3.05, 3.63) is 0 Å². The van der Waals surface area contributed by atoms with E-state index in [1.54, 1.807) is 0 Å². The molecule has 0 aliphatic rings. The number of rotatable bonds is 22. The summed E-state index contributed by atoms with van der Waals surface area (Å²) < 4.78 is 0. The summed E-state index contributed by atoms with van der Waals surface area (Å²) in [5, 5.41) is 0. The summed E-state index contributed by atoms with van der Waals surface area (Å²) in [5.41, 5.74) is 0. The third kappa shape index (κ3) is 18.5. The van der Waals surface area contributed by atoms with Crippen molar-refractivity contribution in [2.45, 2.75) is 142 Å². The standard InChI is InChI=1S/C25H48O2/c1-3-5-7-9-11-13-15-17-19-21-24(23-26)25(27)22-20-18-16-14-12-10-8-6-4-2/h23-24H,3-22H2,1-2H3. The molecule has 0 amide bonds. The lowest BCUT2D eigenvalue weighted by atomic mass is 9.94. The van der Waals surface area contributed by atoms with Crippen molar-refractivity contribution in [2.75, 3.05) is 0 Å². The van der Waals surface area contributed by atoms with Crippen LogP contribution >= 0.6 is 0 Å². The minimum atomic E-state index is -0.330. The van der Waals surface area contributed by atoms with Gasteiger partial charge in [-0.25, -0.2) is 0 Å². The van der Waals surface area contributed by atoms with Gasteiger partial charge >= 0.3 is 0 Å². The topological polar surface area (TPSA) is 34.1 Å². The molecule has 1 unspecified atom stereocenters. The molecule has 0 fully saturated rings. The van der Waals surface area contributed by atoms with E-state index in [9.17, 15) is 9.59 Å². The first-order chi connectivity index (χ1) is 13.3. The van der Waals surface area contributed by atoms with Gasteiger partial charge in [0.25, 0.3) is 0 Å². The summed E-state index contributed by atoms with van der Waals surface area (Å²) >= 11 is 0. The fourth-order valence-corrected chi connectivity index (χ4v) is 3.78. The molecule has 160 valence electrons. The van der Waals surface area contributed by atoms with E-state index < -0.39 is 0 Å². The molecular formula is C25H48O2. The molecule has 0 aromatic carbocycles. The zero-order valence-electron chi connectivity index (χ0n) is 18.6. The first-order valence-corrected chi connectivity index (χ1v) is 12.2.